The van der Waals surface area contributed by atoms with Gasteiger partial charge in [-0.1, -0.05) is 12.1 Å². The second-order valence-corrected chi connectivity index (χ2v) is 5.16. The molecule has 17 heavy (non-hydrogen) atoms. The SMILES string of the molecule is O=C1OC2CNCCC2N1c1ccccc1Br. The predicted octanol–water partition coefficient (Wildman–Crippen LogP) is 2.14. The fraction of sp³-hybridized carbons (Fsp3) is 0.417. The number of para-hydroxylation sites is 1. The molecule has 0 aliphatic carbocycles. The number of hydrogen-bond acceptors (Lipinski definition) is 3. The van der Waals surface area contributed by atoms with E-state index in [1.165, 1.54) is 0 Å². The van der Waals surface area contributed by atoms with Crippen LogP contribution in [0.5, 0.6) is 0 Å². The van der Waals surface area contributed by atoms with E-state index in [9.17, 15) is 4.79 Å². The van der Waals surface area contributed by atoms with E-state index in [2.05, 4.69) is 21.2 Å². The number of halogens is 1. The maximum absolute atomic E-state index is 11.9. The maximum atomic E-state index is 11.9. The number of carbonyl (C=O) groups excluding carboxylic acids is 1. The third-order valence-electron chi connectivity index (χ3n) is 3.28. The van der Waals surface area contributed by atoms with Crippen LogP contribution in [0.15, 0.2) is 28.7 Å². The zero-order valence-corrected chi connectivity index (χ0v) is 10.8. The number of amides is 1. The van der Waals surface area contributed by atoms with Gasteiger partial charge in [-0.3, -0.25) is 4.90 Å². The first-order valence-corrected chi connectivity index (χ1v) is 6.52. The lowest BCUT2D eigenvalue weighted by Crippen LogP contribution is -2.47. The van der Waals surface area contributed by atoms with Crippen molar-refractivity contribution in [2.45, 2.75) is 18.6 Å². The molecule has 5 heteroatoms. The zero-order chi connectivity index (χ0) is 11.8. The molecule has 1 N–H and O–H groups in total. The van der Waals surface area contributed by atoms with Crippen molar-refractivity contribution < 1.29 is 9.53 Å². The topological polar surface area (TPSA) is 41.6 Å². The van der Waals surface area contributed by atoms with Gasteiger partial charge in [-0.15, -0.1) is 0 Å². The van der Waals surface area contributed by atoms with Crippen LogP contribution in [0.2, 0.25) is 0 Å². The summed E-state index contributed by atoms with van der Waals surface area (Å²) in [6.45, 7) is 1.68. The molecule has 2 aliphatic heterocycles. The Kier molecular flexibility index (Phi) is 2.80. The molecule has 1 aromatic carbocycles. The van der Waals surface area contributed by atoms with Crippen molar-refractivity contribution >= 4 is 27.7 Å². The predicted molar refractivity (Wildman–Crippen MR) is 68.2 cm³/mol. The van der Waals surface area contributed by atoms with Gasteiger partial charge in [0.15, 0.2) is 0 Å². The third-order valence-corrected chi connectivity index (χ3v) is 3.95. The average molecular weight is 297 g/mol. The number of benzene rings is 1. The van der Waals surface area contributed by atoms with Crippen molar-refractivity contribution in [2.24, 2.45) is 0 Å². The van der Waals surface area contributed by atoms with Crippen LogP contribution in [0.25, 0.3) is 0 Å². The smallest absolute Gasteiger partial charge is 0.415 e. The van der Waals surface area contributed by atoms with Gasteiger partial charge in [0.25, 0.3) is 0 Å². The molecular weight excluding hydrogens is 284 g/mol. The van der Waals surface area contributed by atoms with Crippen molar-refractivity contribution in [3.63, 3.8) is 0 Å². The lowest BCUT2D eigenvalue weighted by molar-refractivity contribution is 0.121. The lowest BCUT2D eigenvalue weighted by Gasteiger charge is -2.29. The minimum atomic E-state index is -0.240. The van der Waals surface area contributed by atoms with Crippen LogP contribution in [0.4, 0.5) is 10.5 Å². The normalized spacial score (nSPS) is 27.8. The van der Waals surface area contributed by atoms with E-state index < -0.39 is 0 Å². The molecule has 0 saturated carbocycles. The summed E-state index contributed by atoms with van der Waals surface area (Å²) in [5.41, 5.74) is 0.895. The van der Waals surface area contributed by atoms with E-state index in [0.29, 0.717) is 0 Å². The van der Waals surface area contributed by atoms with Gasteiger partial charge in [0.2, 0.25) is 0 Å². The summed E-state index contributed by atoms with van der Waals surface area (Å²) in [5, 5.41) is 3.25. The minimum absolute atomic E-state index is 0.0247. The van der Waals surface area contributed by atoms with Gasteiger partial charge in [0, 0.05) is 11.0 Å². The Morgan fingerprint density at radius 3 is 3.06 bits per heavy atom. The molecule has 0 spiro atoms. The highest BCUT2D eigenvalue weighted by atomic mass is 79.9. The van der Waals surface area contributed by atoms with E-state index in [1.807, 2.05) is 24.3 Å². The number of nitrogens with one attached hydrogen (secondary N) is 1. The van der Waals surface area contributed by atoms with Crippen molar-refractivity contribution in [1.82, 2.24) is 5.32 Å². The lowest BCUT2D eigenvalue weighted by atomic mass is 10.0. The Labute approximate surface area is 108 Å². The van der Waals surface area contributed by atoms with Crippen LogP contribution >= 0.6 is 15.9 Å². The molecule has 2 aliphatic rings. The number of fused-ring (bicyclic) bond motifs is 1. The van der Waals surface area contributed by atoms with Gasteiger partial charge in [-0.25, -0.2) is 4.79 Å². The van der Waals surface area contributed by atoms with Gasteiger partial charge >= 0.3 is 6.09 Å². The molecule has 0 aromatic heterocycles. The van der Waals surface area contributed by atoms with Crippen LogP contribution in [0.1, 0.15) is 6.42 Å². The highest BCUT2D eigenvalue weighted by molar-refractivity contribution is 9.10. The maximum Gasteiger partial charge on any atom is 0.415 e. The second-order valence-electron chi connectivity index (χ2n) is 4.30. The van der Waals surface area contributed by atoms with Crippen molar-refractivity contribution in [2.75, 3.05) is 18.0 Å². The third kappa shape index (κ3) is 1.83. The first-order chi connectivity index (χ1) is 8.27. The van der Waals surface area contributed by atoms with Gasteiger partial charge in [0.1, 0.15) is 6.10 Å². The largest absolute Gasteiger partial charge is 0.442 e. The monoisotopic (exact) mass is 296 g/mol. The fourth-order valence-electron chi connectivity index (χ4n) is 2.48. The van der Waals surface area contributed by atoms with Gasteiger partial charge < -0.3 is 10.1 Å². The van der Waals surface area contributed by atoms with Crippen molar-refractivity contribution in [3.8, 4) is 0 Å². The number of anilines is 1. The highest BCUT2D eigenvalue weighted by Crippen LogP contribution is 2.34. The number of ether oxygens (including phenoxy) is 1. The first-order valence-electron chi connectivity index (χ1n) is 5.72. The molecule has 4 nitrogen and oxygen atoms in total. The Morgan fingerprint density at radius 2 is 2.24 bits per heavy atom. The summed E-state index contributed by atoms with van der Waals surface area (Å²) in [4.78, 5) is 13.7. The molecule has 1 aromatic rings. The van der Waals surface area contributed by atoms with Crippen LogP contribution in [-0.2, 0) is 4.74 Å². The fourth-order valence-corrected chi connectivity index (χ4v) is 2.95. The molecule has 0 bridgehead atoms. The quantitative estimate of drug-likeness (QED) is 0.863. The molecule has 2 fully saturated rings. The number of nitrogens with zero attached hydrogens (tertiary/aromatic N) is 1. The summed E-state index contributed by atoms with van der Waals surface area (Å²) in [5.74, 6) is 0. The van der Waals surface area contributed by atoms with E-state index in [0.717, 1.165) is 29.7 Å². The summed E-state index contributed by atoms with van der Waals surface area (Å²) < 4.78 is 6.32. The van der Waals surface area contributed by atoms with E-state index >= 15 is 0 Å². The Balaban J connectivity index is 1.96. The molecule has 2 heterocycles. The molecule has 2 atom stereocenters. The molecule has 2 saturated heterocycles. The first kappa shape index (κ1) is 11.0. The van der Waals surface area contributed by atoms with E-state index in [1.54, 1.807) is 4.90 Å². The zero-order valence-electron chi connectivity index (χ0n) is 9.23. The van der Waals surface area contributed by atoms with Crippen molar-refractivity contribution in [1.29, 1.82) is 0 Å². The second kappa shape index (κ2) is 4.31. The number of carbonyl (C=O) groups is 1. The molecule has 0 radical (unpaired) electrons. The van der Waals surface area contributed by atoms with Crippen molar-refractivity contribution in [3.05, 3.63) is 28.7 Å². The number of hydrogen-bond donors (Lipinski definition) is 1. The molecule has 1 amide bonds. The summed E-state index contributed by atoms with van der Waals surface area (Å²) in [6, 6.07) is 7.91. The minimum Gasteiger partial charge on any atom is -0.442 e. The molecule has 90 valence electrons. The van der Waals surface area contributed by atoms with Gasteiger partial charge in [-0.05, 0) is 41.0 Å². The summed E-state index contributed by atoms with van der Waals surface area (Å²) in [7, 11) is 0. The molecule has 2 unspecified atom stereocenters. The molecule has 3 rings (SSSR count). The number of piperidine rings is 1. The highest BCUT2D eigenvalue weighted by Gasteiger charge is 2.44. The Bertz CT molecular complexity index is 452. The van der Waals surface area contributed by atoms with Crippen LogP contribution in [0, 0.1) is 0 Å². The summed E-state index contributed by atoms with van der Waals surface area (Å²) >= 11 is 3.49. The average Bonchev–Trinajstić information content (AvgIpc) is 2.66. The van der Waals surface area contributed by atoms with Crippen LogP contribution < -0.4 is 10.2 Å². The van der Waals surface area contributed by atoms with Gasteiger partial charge in [0.05, 0.1) is 11.7 Å². The Hall–Kier alpha value is -1.07. The molecular formula is C12H13BrN2O2. The van der Waals surface area contributed by atoms with Crippen LogP contribution in [-0.4, -0.2) is 31.3 Å². The standard InChI is InChI=1S/C12H13BrN2O2/c13-8-3-1-2-4-9(8)15-10-5-6-14-7-11(10)17-12(15)16/h1-4,10-11,14H,5-7H2. The number of rotatable bonds is 1. The van der Waals surface area contributed by atoms with Crippen LogP contribution in [0.3, 0.4) is 0 Å². The van der Waals surface area contributed by atoms with E-state index in [4.69, 9.17) is 4.74 Å². The summed E-state index contributed by atoms with van der Waals surface area (Å²) in [6.07, 6.45) is 0.663. The van der Waals surface area contributed by atoms with Gasteiger partial charge in [-0.2, -0.15) is 0 Å². The van der Waals surface area contributed by atoms with E-state index in [-0.39, 0.29) is 18.2 Å². The Morgan fingerprint density at radius 1 is 1.41 bits per heavy atom.